The molecule has 3 aromatic rings. The van der Waals surface area contributed by atoms with Crippen LogP contribution in [0.3, 0.4) is 0 Å². The molecule has 0 bridgehead atoms. The van der Waals surface area contributed by atoms with E-state index in [1.165, 1.54) is 12.1 Å². The number of hydrogen-bond donors (Lipinski definition) is 1. The smallest absolute Gasteiger partial charge is 0.417 e. The van der Waals surface area contributed by atoms with Gasteiger partial charge in [-0.1, -0.05) is 35.3 Å². The van der Waals surface area contributed by atoms with Crippen LogP contribution in [-0.2, 0) is 12.8 Å². The number of halogens is 5. The summed E-state index contributed by atoms with van der Waals surface area (Å²) in [5.74, 6) is 0.386. The number of anilines is 1. The molecule has 0 aliphatic carbocycles. The molecule has 0 heterocycles. The summed E-state index contributed by atoms with van der Waals surface area (Å²) in [6, 6.07) is 14.8. The van der Waals surface area contributed by atoms with Crippen LogP contribution < -0.4 is 14.8 Å². The van der Waals surface area contributed by atoms with Crippen molar-refractivity contribution >= 4 is 34.8 Å². The number of carbonyl (C=O) groups excluding carboxylic acids is 1. The van der Waals surface area contributed by atoms with Crippen molar-refractivity contribution in [1.82, 2.24) is 0 Å². The molecule has 0 aromatic heterocycles. The number of ether oxygens (including phenoxy) is 2. The second kappa shape index (κ2) is 10.1. The van der Waals surface area contributed by atoms with Crippen LogP contribution in [0.1, 0.15) is 28.4 Å². The second-order valence-corrected chi connectivity index (χ2v) is 7.44. The molecule has 4 nitrogen and oxygen atoms in total. The summed E-state index contributed by atoms with van der Waals surface area (Å²) in [6.45, 7) is 2.28. The average Bonchev–Trinajstić information content (AvgIpc) is 2.74. The third-order valence-electron chi connectivity index (χ3n) is 4.37. The van der Waals surface area contributed by atoms with E-state index in [0.717, 1.165) is 12.1 Å². The Morgan fingerprint density at radius 2 is 1.69 bits per heavy atom. The molecule has 9 heteroatoms. The molecule has 0 unspecified atom stereocenters. The summed E-state index contributed by atoms with van der Waals surface area (Å²) in [5.41, 5.74) is -0.270. The van der Waals surface area contributed by atoms with Gasteiger partial charge in [0.2, 0.25) is 0 Å². The number of alkyl halides is 3. The Bertz CT molecular complexity index is 1120. The van der Waals surface area contributed by atoms with Crippen molar-refractivity contribution in [3.8, 4) is 11.5 Å². The number of carbonyl (C=O) groups is 1. The van der Waals surface area contributed by atoms with E-state index in [2.05, 4.69) is 5.32 Å². The molecule has 0 aliphatic rings. The highest BCUT2D eigenvalue weighted by Gasteiger charge is 2.33. The van der Waals surface area contributed by atoms with Gasteiger partial charge in [-0.2, -0.15) is 13.2 Å². The van der Waals surface area contributed by atoms with E-state index in [1.807, 2.05) is 6.92 Å². The van der Waals surface area contributed by atoms with Crippen LogP contribution in [-0.4, -0.2) is 12.5 Å². The van der Waals surface area contributed by atoms with Crippen LogP contribution >= 0.6 is 23.2 Å². The lowest BCUT2D eigenvalue weighted by Crippen LogP contribution is -2.14. The predicted octanol–water partition coefficient (Wildman–Crippen LogP) is 7.24. The maximum absolute atomic E-state index is 13.1. The van der Waals surface area contributed by atoms with Crippen LogP contribution in [0.5, 0.6) is 11.5 Å². The molecule has 3 aromatic carbocycles. The Morgan fingerprint density at radius 1 is 0.938 bits per heavy atom. The fraction of sp³-hybridized carbons (Fsp3) is 0.174. The van der Waals surface area contributed by atoms with Crippen LogP contribution in [0.2, 0.25) is 10.0 Å². The highest BCUT2D eigenvalue weighted by atomic mass is 35.5. The van der Waals surface area contributed by atoms with Crippen molar-refractivity contribution in [3.05, 3.63) is 87.4 Å². The normalized spacial score (nSPS) is 11.2. The summed E-state index contributed by atoms with van der Waals surface area (Å²) in [5, 5.41) is 2.44. The van der Waals surface area contributed by atoms with Gasteiger partial charge in [0.25, 0.3) is 5.91 Å². The van der Waals surface area contributed by atoms with Crippen molar-refractivity contribution in [3.63, 3.8) is 0 Å². The fourth-order valence-corrected chi connectivity index (χ4v) is 3.29. The lowest BCUT2D eigenvalue weighted by molar-refractivity contribution is -0.137. The fourth-order valence-electron chi connectivity index (χ4n) is 2.87. The SMILES string of the molecule is CCOc1ccc(C(=O)Nc2ccc(Cl)c(C(F)(F)F)c2)cc1COc1ccccc1Cl. The minimum Gasteiger partial charge on any atom is -0.493 e. The monoisotopic (exact) mass is 483 g/mol. The van der Waals surface area contributed by atoms with E-state index in [9.17, 15) is 18.0 Å². The maximum atomic E-state index is 13.1. The molecule has 0 spiro atoms. The predicted molar refractivity (Wildman–Crippen MR) is 118 cm³/mol. The van der Waals surface area contributed by atoms with Gasteiger partial charge < -0.3 is 14.8 Å². The zero-order chi connectivity index (χ0) is 23.3. The summed E-state index contributed by atoms with van der Waals surface area (Å²) < 4.78 is 50.6. The molecule has 3 rings (SSSR count). The third-order valence-corrected chi connectivity index (χ3v) is 5.01. The molecule has 0 radical (unpaired) electrons. The molecule has 32 heavy (non-hydrogen) atoms. The molecular formula is C23H18Cl2F3NO3. The number of para-hydroxylation sites is 1. The van der Waals surface area contributed by atoms with Crippen LogP contribution in [0.4, 0.5) is 18.9 Å². The van der Waals surface area contributed by atoms with Crippen molar-refractivity contribution < 1.29 is 27.4 Å². The summed E-state index contributed by atoms with van der Waals surface area (Å²) in [7, 11) is 0. The molecule has 1 amide bonds. The van der Waals surface area contributed by atoms with Gasteiger partial charge in [0.15, 0.2) is 0 Å². The molecule has 0 fully saturated rings. The molecule has 168 valence electrons. The Hall–Kier alpha value is -2.90. The van der Waals surface area contributed by atoms with E-state index >= 15 is 0 Å². The average molecular weight is 484 g/mol. The quantitative estimate of drug-likeness (QED) is 0.385. The first-order valence-electron chi connectivity index (χ1n) is 9.50. The second-order valence-electron chi connectivity index (χ2n) is 6.62. The first-order valence-corrected chi connectivity index (χ1v) is 10.3. The van der Waals surface area contributed by atoms with Gasteiger partial charge in [-0.05, 0) is 55.5 Å². The molecule has 0 saturated heterocycles. The third kappa shape index (κ3) is 5.87. The topological polar surface area (TPSA) is 47.6 Å². The zero-order valence-corrected chi connectivity index (χ0v) is 18.3. The van der Waals surface area contributed by atoms with E-state index < -0.39 is 22.7 Å². The zero-order valence-electron chi connectivity index (χ0n) is 16.8. The van der Waals surface area contributed by atoms with Crippen LogP contribution in [0, 0.1) is 0 Å². The first kappa shape index (κ1) is 23.8. The van der Waals surface area contributed by atoms with Gasteiger partial charge in [-0.25, -0.2) is 0 Å². The largest absolute Gasteiger partial charge is 0.493 e. The van der Waals surface area contributed by atoms with Gasteiger partial charge in [0.1, 0.15) is 18.1 Å². The Morgan fingerprint density at radius 3 is 2.38 bits per heavy atom. The lowest BCUT2D eigenvalue weighted by atomic mass is 10.1. The highest BCUT2D eigenvalue weighted by Crippen LogP contribution is 2.36. The standard InChI is InChI=1S/C23H18Cl2F3NO3/c1-2-31-20-10-7-14(11-15(20)13-32-21-6-4-3-5-19(21)25)22(30)29-16-8-9-18(24)17(12-16)23(26,27)28/h3-12H,2,13H2,1H3,(H,29,30). The Labute approximate surface area is 192 Å². The van der Waals surface area contributed by atoms with E-state index in [0.29, 0.717) is 28.7 Å². The molecule has 1 N–H and O–H groups in total. The number of benzene rings is 3. The lowest BCUT2D eigenvalue weighted by Gasteiger charge is -2.15. The highest BCUT2D eigenvalue weighted by molar-refractivity contribution is 6.32. The number of nitrogens with one attached hydrogen (secondary N) is 1. The summed E-state index contributed by atoms with van der Waals surface area (Å²) in [4.78, 5) is 12.7. The molecular weight excluding hydrogens is 466 g/mol. The van der Waals surface area contributed by atoms with Crippen LogP contribution in [0.15, 0.2) is 60.7 Å². The summed E-state index contributed by atoms with van der Waals surface area (Å²) >= 11 is 11.7. The van der Waals surface area contributed by atoms with E-state index in [1.54, 1.807) is 36.4 Å². The van der Waals surface area contributed by atoms with Gasteiger partial charge >= 0.3 is 6.18 Å². The number of rotatable bonds is 7. The van der Waals surface area contributed by atoms with Crippen molar-refractivity contribution in [2.24, 2.45) is 0 Å². The van der Waals surface area contributed by atoms with Gasteiger partial charge in [-0.15, -0.1) is 0 Å². The number of amides is 1. The molecule has 0 saturated carbocycles. The van der Waals surface area contributed by atoms with Gasteiger partial charge in [0, 0.05) is 16.8 Å². The summed E-state index contributed by atoms with van der Waals surface area (Å²) in [6.07, 6.45) is -4.64. The van der Waals surface area contributed by atoms with Crippen molar-refractivity contribution in [1.29, 1.82) is 0 Å². The first-order chi connectivity index (χ1) is 15.2. The van der Waals surface area contributed by atoms with Crippen molar-refractivity contribution in [2.75, 3.05) is 11.9 Å². The molecule has 0 aliphatic heterocycles. The minimum atomic E-state index is -4.64. The Kier molecular flexibility index (Phi) is 7.53. The van der Waals surface area contributed by atoms with Gasteiger partial charge in [-0.3, -0.25) is 4.79 Å². The number of hydrogen-bond acceptors (Lipinski definition) is 3. The van der Waals surface area contributed by atoms with E-state index in [-0.39, 0.29) is 17.9 Å². The van der Waals surface area contributed by atoms with E-state index in [4.69, 9.17) is 32.7 Å². The maximum Gasteiger partial charge on any atom is 0.417 e. The Balaban J connectivity index is 1.82. The van der Waals surface area contributed by atoms with Crippen LogP contribution in [0.25, 0.3) is 0 Å². The molecule has 0 atom stereocenters. The van der Waals surface area contributed by atoms with Gasteiger partial charge in [0.05, 0.1) is 22.2 Å². The minimum absolute atomic E-state index is 0.0329. The van der Waals surface area contributed by atoms with Crippen molar-refractivity contribution in [2.45, 2.75) is 19.7 Å².